The smallest absolute Gasteiger partial charge is 0.146 e. The molecule has 0 aromatic heterocycles. The maximum Gasteiger partial charge on any atom is 0.146 e. The highest BCUT2D eigenvalue weighted by Crippen LogP contribution is 2.21. The van der Waals surface area contributed by atoms with E-state index in [0.29, 0.717) is 18.8 Å². The van der Waals surface area contributed by atoms with Crippen LogP contribution in [0.4, 0.5) is 10.1 Å². The number of halogens is 1. The Morgan fingerprint density at radius 1 is 1.10 bits per heavy atom. The quantitative estimate of drug-likeness (QED) is 0.871. The van der Waals surface area contributed by atoms with Gasteiger partial charge in [-0.2, -0.15) is 0 Å². The highest BCUT2D eigenvalue weighted by atomic mass is 19.1. The van der Waals surface area contributed by atoms with Crippen LogP contribution in [0.2, 0.25) is 0 Å². The third-order valence-corrected chi connectivity index (χ3v) is 3.26. The van der Waals surface area contributed by atoms with Gasteiger partial charge >= 0.3 is 0 Å². The van der Waals surface area contributed by atoms with Gasteiger partial charge in [0.05, 0.1) is 5.69 Å². The van der Waals surface area contributed by atoms with Crippen LogP contribution in [0.25, 0.3) is 0 Å². The predicted octanol–water partition coefficient (Wildman–Crippen LogP) is 3.20. The van der Waals surface area contributed by atoms with E-state index in [-0.39, 0.29) is 12.4 Å². The normalized spacial score (nSPS) is 9.86. The van der Waals surface area contributed by atoms with E-state index in [0.717, 1.165) is 11.1 Å². The Hall–Kier alpha value is -2.31. The number of anilines is 1. The first-order chi connectivity index (χ1) is 10.3. The van der Waals surface area contributed by atoms with E-state index >= 15 is 0 Å². The van der Waals surface area contributed by atoms with Crippen molar-refractivity contribution in [3.63, 3.8) is 0 Å². The van der Waals surface area contributed by atoms with Gasteiger partial charge in [0.2, 0.25) is 0 Å². The van der Waals surface area contributed by atoms with Crippen LogP contribution in [-0.2, 0) is 6.54 Å². The van der Waals surface area contributed by atoms with Gasteiger partial charge in [0.15, 0.2) is 0 Å². The van der Waals surface area contributed by atoms with Gasteiger partial charge in [0.1, 0.15) is 12.4 Å². The second-order valence-corrected chi connectivity index (χ2v) is 4.58. The third-order valence-electron chi connectivity index (χ3n) is 3.26. The van der Waals surface area contributed by atoms with Gasteiger partial charge in [0, 0.05) is 18.7 Å². The summed E-state index contributed by atoms with van der Waals surface area (Å²) in [5, 5.41) is 8.83. The Kier molecular flexibility index (Phi) is 5.36. The van der Waals surface area contributed by atoms with Crippen LogP contribution in [0.5, 0.6) is 0 Å². The summed E-state index contributed by atoms with van der Waals surface area (Å²) in [5.74, 6) is 5.37. The molecule has 0 amide bonds. The number of benzene rings is 2. The van der Waals surface area contributed by atoms with Crippen molar-refractivity contribution in [2.45, 2.75) is 13.5 Å². The summed E-state index contributed by atoms with van der Waals surface area (Å²) in [7, 11) is 0. The van der Waals surface area contributed by atoms with Crippen molar-refractivity contribution in [2.75, 3.05) is 18.1 Å². The highest BCUT2D eigenvalue weighted by molar-refractivity contribution is 5.50. The number of rotatable bonds is 4. The van der Waals surface area contributed by atoms with E-state index in [2.05, 4.69) is 11.8 Å². The van der Waals surface area contributed by atoms with Gasteiger partial charge < -0.3 is 10.0 Å². The van der Waals surface area contributed by atoms with E-state index in [9.17, 15) is 4.39 Å². The minimum absolute atomic E-state index is 0.168. The molecule has 3 heteroatoms. The Morgan fingerprint density at radius 2 is 1.81 bits per heavy atom. The molecule has 2 rings (SSSR count). The molecule has 0 radical (unpaired) electrons. The number of nitrogens with zero attached hydrogens (tertiary/aromatic N) is 1. The fourth-order valence-corrected chi connectivity index (χ4v) is 2.20. The van der Waals surface area contributed by atoms with Crippen molar-refractivity contribution >= 4 is 5.69 Å². The van der Waals surface area contributed by atoms with E-state index in [1.165, 1.54) is 6.07 Å². The van der Waals surface area contributed by atoms with Gasteiger partial charge in [-0.1, -0.05) is 42.2 Å². The summed E-state index contributed by atoms with van der Waals surface area (Å²) in [6.45, 7) is 3.10. The molecule has 21 heavy (non-hydrogen) atoms. The minimum Gasteiger partial charge on any atom is -0.384 e. The minimum atomic E-state index is -0.224. The van der Waals surface area contributed by atoms with Crippen molar-refractivity contribution in [2.24, 2.45) is 0 Å². The summed E-state index contributed by atoms with van der Waals surface area (Å²) in [6.07, 6.45) is 0. The van der Waals surface area contributed by atoms with Gasteiger partial charge in [-0.05, 0) is 30.7 Å². The fourth-order valence-electron chi connectivity index (χ4n) is 2.20. The molecule has 0 aliphatic carbocycles. The standard InChI is InChI=1S/C18H18FNO/c1-2-20(18-12-6-5-11-17(18)19)14-16-9-4-3-8-15(16)10-7-13-21/h3-6,8-9,11-12,21H,2,13-14H2,1H3. The third kappa shape index (κ3) is 3.84. The van der Waals surface area contributed by atoms with E-state index in [1.54, 1.807) is 12.1 Å². The average Bonchev–Trinajstić information content (AvgIpc) is 2.52. The maximum absolute atomic E-state index is 13.9. The van der Waals surface area contributed by atoms with Crippen LogP contribution in [0, 0.1) is 17.7 Å². The molecule has 0 saturated heterocycles. The Morgan fingerprint density at radius 3 is 2.52 bits per heavy atom. The molecule has 0 aliphatic heterocycles. The Labute approximate surface area is 124 Å². The van der Waals surface area contributed by atoms with E-state index < -0.39 is 0 Å². The molecule has 0 aliphatic rings. The topological polar surface area (TPSA) is 23.5 Å². The van der Waals surface area contributed by atoms with Gasteiger partial charge in [-0.15, -0.1) is 0 Å². The zero-order chi connectivity index (χ0) is 15.1. The molecule has 2 aromatic carbocycles. The van der Waals surface area contributed by atoms with Crippen LogP contribution < -0.4 is 4.90 Å². The number of aliphatic hydroxyl groups excluding tert-OH is 1. The number of hydrogen-bond donors (Lipinski definition) is 1. The first-order valence-corrected chi connectivity index (χ1v) is 6.93. The second-order valence-electron chi connectivity index (χ2n) is 4.58. The molecule has 0 fully saturated rings. The fraction of sp³-hybridized carbons (Fsp3) is 0.222. The Balaban J connectivity index is 2.29. The maximum atomic E-state index is 13.9. The molecule has 0 bridgehead atoms. The molecule has 2 aromatic rings. The van der Waals surface area contributed by atoms with Gasteiger partial charge in [0.25, 0.3) is 0 Å². The number of aliphatic hydroxyl groups is 1. The first-order valence-electron chi connectivity index (χ1n) is 6.93. The first kappa shape index (κ1) is 15.1. The lowest BCUT2D eigenvalue weighted by atomic mass is 10.1. The van der Waals surface area contributed by atoms with Gasteiger partial charge in [-0.3, -0.25) is 0 Å². The van der Waals surface area contributed by atoms with Crippen molar-refractivity contribution < 1.29 is 9.50 Å². The zero-order valence-corrected chi connectivity index (χ0v) is 12.0. The molecule has 0 heterocycles. The van der Waals surface area contributed by atoms with Crippen molar-refractivity contribution in [1.29, 1.82) is 0 Å². The Bertz CT molecular complexity index is 658. The van der Waals surface area contributed by atoms with Crippen molar-refractivity contribution in [3.05, 3.63) is 65.5 Å². The lowest BCUT2D eigenvalue weighted by molar-refractivity contribution is 0.350. The van der Waals surface area contributed by atoms with Gasteiger partial charge in [-0.25, -0.2) is 4.39 Å². The van der Waals surface area contributed by atoms with Crippen molar-refractivity contribution in [3.8, 4) is 11.8 Å². The van der Waals surface area contributed by atoms with E-state index in [4.69, 9.17) is 5.11 Å². The van der Waals surface area contributed by atoms with Crippen molar-refractivity contribution in [1.82, 2.24) is 0 Å². The largest absolute Gasteiger partial charge is 0.384 e. The van der Waals surface area contributed by atoms with E-state index in [1.807, 2.05) is 42.2 Å². The summed E-state index contributed by atoms with van der Waals surface area (Å²) >= 11 is 0. The second kappa shape index (κ2) is 7.47. The predicted molar refractivity (Wildman–Crippen MR) is 83.5 cm³/mol. The van der Waals surface area contributed by atoms with Crippen LogP contribution in [0.1, 0.15) is 18.1 Å². The number of para-hydroxylation sites is 1. The molecule has 0 spiro atoms. The summed E-state index contributed by atoms with van der Waals surface area (Å²) < 4.78 is 13.9. The lowest BCUT2D eigenvalue weighted by Crippen LogP contribution is -2.23. The van der Waals surface area contributed by atoms with Crippen LogP contribution in [-0.4, -0.2) is 18.3 Å². The summed E-state index contributed by atoms with van der Waals surface area (Å²) in [6, 6.07) is 14.5. The molecular weight excluding hydrogens is 265 g/mol. The van der Waals surface area contributed by atoms with Crippen LogP contribution >= 0.6 is 0 Å². The molecular formula is C18H18FNO. The SMILES string of the molecule is CCN(Cc1ccccc1C#CCO)c1ccccc1F. The monoisotopic (exact) mass is 283 g/mol. The molecule has 0 saturated carbocycles. The molecule has 2 nitrogen and oxygen atoms in total. The van der Waals surface area contributed by atoms with Crippen LogP contribution in [0.15, 0.2) is 48.5 Å². The number of hydrogen-bond acceptors (Lipinski definition) is 2. The molecule has 0 atom stereocenters. The lowest BCUT2D eigenvalue weighted by Gasteiger charge is -2.24. The molecule has 1 N–H and O–H groups in total. The average molecular weight is 283 g/mol. The summed E-state index contributed by atoms with van der Waals surface area (Å²) in [5.41, 5.74) is 2.47. The molecule has 108 valence electrons. The molecule has 0 unspecified atom stereocenters. The zero-order valence-electron chi connectivity index (χ0n) is 12.0. The van der Waals surface area contributed by atoms with Crippen LogP contribution in [0.3, 0.4) is 0 Å². The summed E-state index contributed by atoms with van der Waals surface area (Å²) in [4.78, 5) is 1.97. The highest BCUT2D eigenvalue weighted by Gasteiger charge is 2.11.